The van der Waals surface area contributed by atoms with Crippen LogP contribution in [0, 0.1) is 11.6 Å². The molecule has 1 saturated heterocycles. The number of halogens is 3. The summed E-state index contributed by atoms with van der Waals surface area (Å²) in [5.74, 6) is -0.714. The van der Waals surface area contributed by atoms with Gasteiger partial charge in [-0.15, -0.1) is 12.4 Å². The number of hydrogen-bond acceptors (Lipinski definition) is 2. The van der Waals surface area contributed by atoms with Gasteiger partial charge in [-0.05, 0) is 38.2 Å². The van der Waals surface area contributed by atoms with Crippen LogP contribution in [0.3, 0.4) is 0 Å². The summed E-state index contributed by atoms with van der Waals surface area (Å²) < 4.78 is 26.4. The molecule has 5 heteroatoms. The summed E-state index contributed by atoms with van der Waals surface area (Å²) in [6.07, 6.45) is 1.06. The second kappa shape index (κ2) is 6.28. The topological polar surface area (TPSA) is 15.3 Å². The largest absolute Gasteiger partial charge is 0.315 e. The van der Waals surface area contributed by atoms with Crippen molar-refractivity contribution in [2.45, 2.75) is 19.0 Å². The van der Waals surface area contributed by atoms with Gasteiger partial charge in [0.15, 0.2) is 0 Å². The molecule has 1 heterocycles. The van der Waals surface area contributed by atoms with E-state index in [9.17, 15) is 8.78 Å². The Labute approximate surface area is 106 Å². The lowest BCUT2D eigenvalue weighted by molar-refractivity contribution is 0.245. The molecule has 1 aliphatic heterocycles. The minimum absolute atomic E-state index is 0. The molecule has 17 heavy (non-hydrogen) atoms. The normalized spacial score (nSPS) is 19.4. The van der Waals surface area contributed by atoms with Gasteiger partial charge in [0.1, 0.15) is 11.6 Å². The molecule has 96 valence electrons. The summed E-state index contributed by atoms with van der Waals surface area (Å²) in [6, 6.07) is 4.03. The van der Waals surface area contributed by atoms with E-state index in [1.54, 1.807) is 0 Å². The van der Waals surface area contributed by atoms with E-state index in [1.807, 2.05) is 7.05 Å². The van der Waals surface area contributed by atoms with Gasteiger partial charge >= 0.3 is 0 Å². The minimum Gasteiger partial charge on any atom is -0.315 e. The van der Waals surface area contributed by atoms with Crippen molar-refractivity contribution in [1.82, 2.24) is 10.2 Å². The maximum absolute atomic E-state index is 13.4. The Bertz CT molecular complexity index is 368. The van der Waals surface area contributed by atoms with E-state index < -0.39 is 0 Å². The zero-order valence-electron chi connectivity index (χ0n) is 9.75. The van der Waals surface area contributed by atoms with Crippen LogP contribution in [0.1, 0.15) is 12.0 Å². The Kier molecular flexibility index (Phi) is 5.31. The van der Waals surface area contributed by atoms with E-state index in [1.165, 1.54) is 12.1 Å². The summed E-state index contributed by atoms with van der Waals surface area (Å²) in [7, 11) is 1.95. The van der Waals surface area contributed by atoms with Crippen LogP contribution in [-0.4, -0.2) is 31.1 Å². The van der Waals surface area contributed by atoms with E-state index >= 15 is 0 Å². The fourth-order valence-corrected chi connectivity index (χ4v) is 2.08. The second-order valence-corrected chi connectivity index (χ2v) is 4.30. The van der Waals surface area contributed by atoms with Gasteiger partial charge in [-0.1, -0.05) is 0 Å². The predicted molar refractivity (Wildman–Crippen MR) is 66.3 cm³/mol. The molecule has 1 unspecified atom stereocenters. The first-order valence-electron chi connectivity index (χ1n) is 5.51. The third-order valence-electron chi connectivity index (χ3n) is 3.09. The van der Waals surface area contributed by atoms with Crippen molar-refractivity contribution in [3.05, 3.63) is 35.4 Å². The molecule has 2 rings (SSSR count). The van der Waals surface area contributed by atoms with Gasteiger partial charge in [0.2, 0.25) is 0 Å². The number of hydrogen-bond donors (Lipinski definition) is 1. The highest BCUT2D eigenvalue weighted by Gasteiger charge is 2.20. The molecule has 1 aliphatic rings. The van der Waals surface area contributed by atoms with Crippen molar-refractivity contribution in [3.63, 3.8) is 0 Å². The van der Waals surface area contributed by atoms with Crippen LogP contribution in [0.25, 0.3) is 0 Å². The molecule has 2 nitrogen and oxygen atoms in total. The summed E-state index contributed by atoms with van der Waals surface area (Å²) >= 11 is 0. The lowest BCUT2D eigenvalue weighted by Crippen LogP contribution is -2.33. The third kappa shape index (κ3) is 3.63. The zero-order valence-corrected chi connectivity index (χ0v) is 10.6. The van der Waals surface area contributed by atoms with Gasteiger partial charge < -0.3 is 5.32 Å². The standard InChI is InChI=1S/C12H16F2N2.ClH/c1-16(11-4-5-15-7-11)8-9-6-10(13)2-3-12(9)14;/h2-3,6,11,15H,4-5,7-8H2,1H3;1H. The molecule has 0 amide bonds. The van der Waals surface area contributed by atoms with Crippen LogP contribution in [0.15, 0.2) is 18.2 Å². The Morgan fingerprint density at radius 1 is 1.41 bits per heavy atom. The Morgan fingerprint density at radius 2 is 2.18 bits per heavy atom. The van der Waals surface area contributed by atoms with E-state index in [0.717, 1.165) is 25.6 Å². The van der Waals surface area contributed by atoms with Crippen LogP contribution in [0.4, 0.5) is 8.78 Å². The lowest BCUT2D eigenvalue weighted by Gasteiger charge is -2.23. The van der Waals surface area contributed by atoms with Crippen LogP contribution in [0.2, 0.25) is 0 Å². The predicted octanol–water partition coefficient (Wildman–Crippen LogP) is 2.18. The number of nitrogens with one attached hydrogen (secondary N) is 1. The van der Waals surface area contributed by atoms with Gasteiger partial charge in [-0.3, -0.25) is 4.90 Å². The Balaban J connectivity index is 0.00000144. The fourth-order valence-electron chi connectivity index (χ4n) is 2.08. The number of rotatable bonds is 3. The summed E-state index contributed by atoms with van der Waals surface area (Å²) in [4.78, 5) is 2.07. The molecule has 1 aromatic carbocycles. The van der Waals surface area contributed by atoms with Gasteiger partial charge in [-0.25, -0.2) is 8.78 Å². The van der Waals surface area contributed by atoms with Gasteiger partial charge in [-0.2, -0.15) is 0 Å². The van der Waals surface area contributed by atoms with E-state index in [-0.39, 0.29) is 24.0 Å². The molecule has 0 aromatic heterocycles. The van der Waals surface area contributed by atoms with Crippen LogP contribution in [-0.2, 0) is 6.54 Å². The highest BCUT2D eigenvalue weighted by molar-refractivity contribution is 5.85. The molecule has 0 aliphatic carbocycles. The molecule has 1 atom stereocenters. The summed E-state index contributed by atoms with van der Waals surface area (Å²) in [6.45, 7) is 2.38. The summed E-state index contributed by atoms with van der Waals surface area (Å²) in [5.41, 5.74) is 0.425. The Hall–Kier alpha value is -0.710. The Morgan fingerprint density at radius 3 is 2.82 bits per heavy atom. The first kappa shape index (κ1) is 14.4. The van der Waals surface area contributed by atoms with Gasteiger partial charge in [0, 0.05) is 24.7 Å². The molecule has 0 bridgehead atoms. The van der Waals surface area contributed by atoms with Gasteiger partial charge in [0.05, 0.1) is 0 Å². The molecule has 1 aromatic rings. The molecule has 1 N–H and O–H groups in total. The highest BCUT2D eigenvalue weighted by atomic mass is 35.5. The number of nitrogens with zero attached hydrogens (tertiary/aromatic N) is 1. The van der Waals surface area contributed by atoms with Crippen molar-refractivity contribution in [3.8, 4) is 0 Å². The zero-order chi connectivity index (χ0) is 11.5. The van der Waals surface area contributed by atoms with Crippen molar-refractivity contribution in [2.24, 2.45) is 0 Å². The van der Waals surface area contributed by atoms with E-state index in [4.69, 9.17) is 0 Å². The first-order valence-corrected chi connectivity index (χ1v) is 5.51. The number of benzene rings is 1. The van der Waals surface area contributed by atoms with Crippen molar-refractivity contribution >= 4 is 12.4 Å². The van der Waals surface area contributed by atoms with Crippen molar-refractivity contribution in [2.75, 3.05) is 20.1 Å². The quantitative estimate of drug-likeness (QED) is 0.898. The van der Waals surface area contributed by atoms with Crippen LogP contribution < -0.4 is 5.32 Å². The van der Waals surface area contributed by atoms with Crippen LogP contribution in [0.5, 0.6) is 0 Å². The monoisotopic (exact) mass is 262 g/mol. The highest BCUT2D eigenvalue weighted by Crippen LogP contribution is 2.15. The van der Waals surface area contributed by atoms with Crippen molar-refractivity contribution < 1.29 is 8.78 Å². The van der Waals surface area contributed by atoms with E-state index in [2.05, 4.69) is 10.2 Å². The molecular formula is C12H17ClF2N2. The molecular weight excluding hydrogens is 246 g/mol. The summed E-state index contributed by atoms with van der Waals surface area (Å²) in [5, 5.41) is 3.26. The minimum atomic E-state index is -0.380. The van der Waals surface area contributed by atoms with Crippen LogP contribution >= 0.6 is 12.4 Å². The van der Waals surface area contributed by atoms with Crippen molar-refractivity contribution in [1.29, 1.82) is 0 Å². The maximum atomic E-state index is 13.4. The van der Waals surface area contributed by atoms with Gasteiger partial charge in [0.25, 0.3) is 0 Å². The third-order valence-corrected chi connectivity index (χ3v) is 3.09. The molecule has 0 saturated carbocycles. The average molecular weight is 263 g/mol. The maximum Gasteiger partial charge on any atom is 0.127 e. The molecule has 1 fully saturated rings. The number of likely N-dealkylation sites (N-methyl/N-ethyl adjacent to an activating group) is 1. The lowest BCUT2D eigenvalue weighted by atomic mass is 10.1. The first-order chi connectivity index (χ1) is 7.66. The SMILES string of the molecule is CN(Cc1cc(F)ccc1F)C1CCNC1.Cl. The smallest absolute Gasteiger partial charge is 0.127 e. The fraction of sp³-hybridized carbons (Fsp3) is 0.500. The van der Waals surface area contributed by atoms with E-state index in [0.29, 0.717) is 18.2 Å². The average Bonchev–Trinajstić information content (AvgIpc) is 2.76. The second-order valence-electron chi connectivity index (χ2n) is 4.30. The molecule has 0 radical (unpaired) electrons. The molecule has 0 spiro atoms.